The maximum Gasteiger partial charge on any atom is 0.127 e. The average Bonchev–Trinajstić information content (AvgIpc) is 2.36. The standard InChI is InChI=1S/C15H16O2/c1-9-10(2)15(17)13(11(3)14(9)16)12-7-5-4-6-8-12/h4-8,16-17H,1-3H3. The van der Waals surface area contributed by atoms with Crippen LogP contribution in [0.15, 0.2) is 30.3 Å². The van der Waals surface area contributed by atoms with Gasteiger partial charge in [0, 0.05) is 11.1 Å². The van der Waals surface area contributed by atoms with Crippen molar-refractivity contribution < 1.29 is 10.2 Å². The van der Waals surface area contributed by atoms with Crippen molar-refractivity contribution in [3.05, 3.63) is 47.0 Å². The van der Waals surface area contributed by atoms with Crippen LogP contribution in [0.1, 0.15) is 16.7 Å². The largest absolute Gasteiger partial charge is 0.507 e. The molecule has 0 aliphatic rings. The van der Waals surface area contributed by atoms with E-state index >= 15 is 0 Å². The Hall–Kier alpha value is -1.96. The maximum absolute atomic E-state index is 10.2. The van der Waals surface area contributed by atoms with Crippen molar-refractivity contribution in [2.24, 2.45) is 0 Å². The van der Waals surface area contributed by atoms with Gasteiger partial charge in [-0.25, -0.2) is 0 Å². The molecule has 0 fully saturated rings. The summed E-state index contributed by atoms with van der Waals surface area (Å²) in [7, 11) is 0. The molecule has 0 aromatic heterocycles. The summed E-state index contributed by atoms with van der Waals surface area (Å²) < 4.78 is 0. The van der Waals surface area contributed by atoms with Gasteiger partial charge in [0.15, 0.2) is 0 Å². The average molecular weight is 228 g/mol. The van der Waals surface area contributed by atoms with E-state index in [0.29, 0.717) is 5.56 Å². The lowest BCUT2D eigenvalue weighted by molar-refractivity contribution is 0.451. The van der Waals surface area contributed by atoms with Gasteiger partial charge >= 0.3 is 0 Å². The lowest BCUT2D eigenvalue weighted by atomic mass is 9.93. The van der Waals surface area contributed by atoms with Gasteiger partial charge < -0.3 is 10.2 Å². The van der Waals surface area contributed by atoms with Crippen LogP contribution in [-0.4, -0.2) is 10.2 Å². The zero-order valence-electron chi connectivity index (χ0n) is 10.3. The Morgan fingerprint density at radius 2 is 1.24 bits per heavy atom. The molecule has 0 spiro atoms. The van der Waals surface area contributed by atoms with Crippen LogP contribution in [0.5, 0.6) is 11.5 Å². The molecule has 0 bridgehead atoms. The van der Waals surface area contributed by atoms with E-state index < -0.39 is 0 Å². The second-order valence-electron chi connectivity index (χ2n) is 4.31. The highest BCUT2D eigenvalue weighted by atomic mass is 16.3. The molecule has 17 heavy (non-hydrogen) atoms. The lowest BCUT2D eigenvalue weighted by Crippen LogP contribution is -1.92. The zero-order chi connectivity index (χ0) is 12.6. The Morgan fingerprint density at radius 3 is 1.82 bits per heavy atom. The molecule has 88 valence electrons. The predicted molar refractivity (Wildman–Crippen MR) is 69.4 cm³/mol. The van der Waals surface area contributed by atoms with Crippen molar-refractivity contribution >= 4 is 0 Å². The number of phenolic OH excluding ortho intramolecular Hbond substituents is 2. The van der Waals surface area contributed by atoms with Crippen LogP contribution in [0.4, 0.5) is 0 Å². The number of rotatable bonds is 1. The predicted octanol–water partition coefficient (Wildman–Crippen LogP) is 3.69. The molecule has 0 radical (unpaired) electrons. The normalized spacial score (nSPS) is 10.5. The van der Waals surface area contributed by atoms with E-state index in [-0.39, 0.29) is 11.5 Å². The SMILES string of the molecule is Cc1c(C)c(O)c(-c2ccccc2)c(C)c1O. The smallest absolute Gasteiger partial charge is 0.127 e. The monoisotopic (exact) mass is 228 g/mol. The van der Waals surface area contributed by atoms with Crippen LogP contribution in [0.3, 0.4) is 0 Å². The minimum atomic E-state index is 0.254. The third-order valence-corrected chi connectivity index (χ3v) is 3.30. The molecule has 2 nitrogen and oxygen atoms in total. The molecular formula is C15H16O2. The van der Waals surface area contributed by atoms with E-state index in [1.165, 1.54) is 0 Å². The summed E-state index contributed by atoms with van der Waals surface area (Å²) in [5.41, 5.74) is 3.82. The van der Waals surface area contributed by atoms with Gasteiger partial charge in [-0.3, -0.25) is 0 Å². The second kappa shape index (κ2) is 4.13. The molecule has 2 N–H and O–H groups in total. The Labute approximate surface area is 101 Å². The first kappa shape index (κ1) is 11.5. The fraction of sp³-hybridized carbons (Fsp3) is 0.200. The van der Waals surface area contributed by atoms with Crippen LogP contribution in [-0.2, 0) is 0 Å². The molecule has 2 rings (SSSR count). The summed E-state index contributed by atoms with van der Waals surface area (Å²) in [6, 6.07) is 9.62. The Kier molecular flexibility index (Phi) is 2.80. The third kappa shape index (κ3) is 1.76. The van der Waals surface area contributed by atoms with Crippen molar-refractivity contribution in [3.8, 4) is 22.6 Å². The molecule has 0 amide bonds. The number of aromatic hydroxyl groups is 2. The summed E-state index contributed by atoms with van der Waals surface area (Å²) in [6.07, 6.45) is 0. The first-order chi connectivity index (χ1) is 8.04. The van der Waals surface area contributed by atoms with Crippen molar-refractivity contribution in [1.82, 2.24) is 0 Å². The van der Waals surface area contributed by atoms with Gasteiger partial charge in [-0.15, -0.1) is 0 Å². The van der Waals surface area contributed by atoms with Crippen molar-refractivity contribution in [2.45, 2.75) is 20.8 Å². The van der Waals surface area contributed by atoms with Crippen LogP contribution >= 0.6 is 0 Å². The molecule has 2 aromatic carbocycles. The van der Waals surface area contributed by atoms with Gasteiger partial charge in [0.25, 0.3) is 0 Å². The number of hydrogen-bond acceptors (Lipinski definition) is 2. The topological polar surface area (TPSA) is 40.5 Å². The zero-order valence-corrected chi connectivity index (χ0v) is 10.3. The van der Waals surface area contributed by atoms with Crippen molar-refractivity contribution in [1.29, 1.82) is 0 Å². The molecule has 0 aliphatic heterocycles. The molecule has 0 unspecified atom stereocenters. The minimum Gasteiger partial charge on any atom is -0.507 e. The van der Waals surface area contributed by atoms with Gasteiger partial charge in [-0.1, -0.05) is 30.3 Å². The molecule has 0 saturated heterocycles. The van der Waals surface area contributed by atoms with E-state index in [4.69, 9.17) is 0 Å². The maximum atomic E-state index is 10.2. The fourth-order valence-corrected chi connectivity index (χ4v) is 2.08. The Morgan fingerprint density at radius 1 is 0.706 bits per heavy atom. The summed E-state index contributed by atoms with van der Waals surface area (Å²) in [4.78, 5) is 0. The Bertz CT molecular complexity index is 528. The summed E-state index contributed by atoms with van der Waals surface area (Å²) in [5.74, 6) is 0.517. The van der Waals surface area contributed by atoms with Crippen LogP contribution in [0.25, 0.3) is 11.1 Å². The first-order valence-electron chi connectivity index (χ1n) is 5.61. The summed E-state index contributed by atoms with van der Waals surface area (Å²) >= 11 is 0. The highest BCUT2D eigenvalue weighted by Gasteiger charge is 2.17. The summed E-state index contributed by atoms with van der Waals surface area (Å²) in [6.45, 7) is 5.45. The van der Waals surface area contributed by atoms with Gasteiger partial charge in [-0.2, -0.15) is 0 Å². The molecular weight excluding hydrogens is 212 g/mol. The second-order valence-corrected chi connectivity index (χ2v) is 4.31. The minimum absolute atomic E-state index is 0.254. The molecule has 2 aromatic rings. The summed E-state index contributed by atoms with van der Waals surface area (Å²) in [5, 5.41) is 20.3. The van der Waals surface area contributed by atoms with Crippen LogP contribution in [0.2, 0.25) is 0 Å². The molecule has 0 saturated carbocycles. The lowest BCUT2D eigenvalue weighted by Gasteiger charge is -2.15. The molecule has 2 heteroatoms. The fourth-order valence-electron chi connectivity index (χ4n) is 2.08. The highest BCUT2D eigenvalue weighted by molar-refractivity contribution is 5.78. The number of benzene rings is 2. The number of phenols is 2. The van der Waals surface area contributed by atoms with E-state index in [2.05, 4.69) is 0 Å². The van der Waals surface area contributed by atoms with Crippen LogP contribution < -0.4 is 0 Å². The van der Waals surface area contributed by atoms with Gasteiger partial charge in [0.2, 0.25) is 0 Å². The molecule has 0 aliphatic carbocycles. The van der Waals surface area contributed by atoms with E-state index in [1.807, 2.05) is 51.1 Å². The molecule has 0 heterocycles. The van der Waals surface area contributed by atoms with E-state index in [0.717, 1.165) is 22.3 Å². The third-order valence-electron chi connectivity index (χ3n) is 3.30. The highest BCUT2D eigenvalue weighted by Crippen LogP contribution is 2.42. The molecule has 0 atom stereocenters. The quantitative estimate of drug-likeness (QED) is 0.731. The van der Waals surface area contributed by atoms with E-state index in [1.54, 1.807) is 0 Å². The Balaban J connectivity index is 2.80. The van der Waals surface area contributed by atoms with Gasteiger partial charge in [0.1, 0.15) is 11.5 Å². The first-order valence-corrected chi connectivity index (χ1v) is 5.61. The van der Waals surface area contributed by atoms with Gasteiger partial charge in [0.05, 0.1) is 0 Å². The van der Waals surface area contributed by atoms with E-state index in [9.17, 15) is 10.2 Å². The van der Waals surface area contributed by atoms with Gasteiger partial charge in [-0.05, 0) is 37.5 Å². The van der Waals surface area contributed by atoms with Crippen LogP contribution in [0, 0.1) is 20.8 Å². The number of hydrogen-bond donors (Lipinski definition) is 2. The van der Waals surface area contributed by atoms with Crippen molar-refractivity contribution in [2.75, 3.05) is 0 Å². The van der Waals surface area contributed by atoms with Crippen molar-refractivity contribution in [3.63, 3.8) is 0 Å².